The van der Waals surface area contributed by atoms with Crippen molar-refractivity contribution in [3.05, 3.63) is 25.3 Å². The maximum atomic E-state index is 12.7. The van der Waals surface area contributed by atoms with Crippen molar-refractivity contribution in [2.45, 2.75) is 39.8 Å². The molecule has 0 N–H and O–H groups in total. The normalized spacial score (nSPS) is 12.4. The van der Waals surface area contributed by atoms with Gasteiger partial charge in [-0.05, 0) is 27.7 Å². The molecule has 0 unspecified atom stereocenters. The van der Waals surface area contributed by atoms with Crippen LogP contribution < -0.4 is 0 Å². The Hall–Kier alpha value is -0.410. The summed E-state index contributed by atoms with van der Waals surface area (Å²) in [6, 6.07) is 0.130. The molecule has 17 heavy (non-hydrogen) atoms. The van der Waals surface area contributed by atoms with Crippen LogP contribution in [0.1, 0.15) is 27.7 Å². The highest BCUT2D eigenvalue weighted by molar-refractivity contribution is 7.51. The monoisotopic (exact) mass is 261 g/mol. The highest BCUT2D eigenvalue weighted by Crippen LogP contribution is 2.54. The van der Waals surface area contributed by atoms with Crippen LogP contribution in [0.4, 0.5) is 0 Å². The summed E-state index contributed by atoms with van der Waals surface area (Å²) in [4.78, 5) is 0. The van der Waals surface area contributed by atoms with E-state index in [1.165, 1.54) is 0 Å². The van der Waals surface area contributed by atoms with Gasteiger partial charge in [0.25, 0.3) is 0 Å². The molecule has 100 valence electrons. The van der Waals surface area contributed by atoms with Gasteiger partial charge in [0.05, 0.1) is 13.2 Å². The van der Waals surface area contributed by atoms with E-state index in [4.69, 9.17) is 9.05 Å². The van der Waals surface area contributed by atoms with Gasteiger partial charge in [-0.2, -0.15) is 0 Å². The average Bonchev–Trinajstić information content (AvgIpc) is 2.22. The summed E-state index contributed by atoms with van der Waals surface area (Å²) in [6.07, 6.45) is 3.12. The largest absolute Gasteiger partial charge is 0.409 e. The molecule has 0 aliphatic carbocycles. The molecule has 0 bridgehead atoms. The zero-order chi connectivity index (χ0) is 13.5. The van der Waals surface area contributed by atoms with E-state index in [0.717, 1.165) is 0 Å². The van der Waals surface area contributed by atoms with Gasteiger partial charge in [-0.25, -0.2) is 9.24 Å². The van der Waals surface area contributed by atoms with Gasteiger partial charge in [0.2, 0.25) is 0 Å². The number of hydrogen-bond acceptors (Lipinski definition) is 3. The third-order valence-corrected chi connectivity index (χ3v) is 4.49. The smallest absolute Gasteiger partial charge is 0.292 e. The lowest BCUT2D eigenvalue weighted by Crippen LogP contribution is -2.35. The van der Waals surface area contributed by atoms with Crippen molar-refractivity contribution in [1.82, 2.24) is 4.67 Å². The second kappa shape index (κ2) is 7.83. The van der Waals surface area contributed by atoms with Gasteiger partial charge in [0, 0.05) is 12.1 Å². The molecule has 0 saturated heterocycles. The highest BCUT2D eigenvalue weighted by Gasteiger charge is 2.37. The molecular weight excluding hydrogens is 237 g/mol. The Morgan fingerprint density at radius 3 is 1.65 bits per heavy atom. The Morgan fingerprint density at radius 1 is 1.06 bits per heavy atom. The van der Waals surface area contributed by atoms with E-state index in [1.54, 1.807) is 16.8 Å². The number of nitrogens with zero attached hydrogens (tertiary/aromatic N) is 1. The molecule has 0 rings (SSSR count). The van der Waals surface area contributed by atoms with Crippen LogP contribution in [0.25, 0.3) is 0 Å². The van der Waals surface area contributed by atoms with Crippen LogP contribution in [-0.2, 0) is 13.6 Å². The molecule has 0 aromatic heterocycles. The van der Waals surface area contributed by atoms with Gasteiger partial charge < -0.3 is 0 Å². The molecule has 0 heterocycles. The van der Waals surface area contributed by atoms with Crippen molar-refractivity contribution in [2.24, 2.45) is 0 Å². The predicted molar refractivity (Wildman–Crippen MR) is 72.0 cm³/mol. The fraction of sp³-hybridized carbons (Fsp3) is 0.667. The zero-order valence-electron chi connectivity index (χ0n) is 11.3. The van der Waals surface area contributed by atoms with Gasteiger partial charge in [0.1, 0.15) is 0 Å². The second-order valence-corrected chi connectivity index (χ2v) is 6.12. The number of rotatable bonds is 9. The van der Waals surface area contributed by atoms with Gasteiger partial charge in [-0.1, -0.05) is 12.2 Å². The molecule has 5 heteroatoms. The molecule has 0 aromatic carbocycles. The lowest BCUT2D eigenvalue weighted by molar-refractivity contribution is 0.149. The van der Waals surface area contributed by atoms with E-state index in [1.807, 2.05) is 27.7 Å². The van der Waals surface area contributed by atoms with Gasteiger partial charge in [-0.3, -0.25) is 9.05 Å². The molecule has 0 aromatic rings. The Balaban J connectivity index is 5.01. The summed E-state index contributed by atoms with van der Waals surface area (Å²) < 4.78 is 25.2. The summed E-state index contributed by atoms with van der Waals surface area (Å²) in [7, 11) is -3.28. The third kappa shape index (κ3) is 5.17. The van der Waals surface area contributed by atoms with Crippen LogP contribution in [0, 0.1) is 0 Å². The maximum Gasteiger partial charge on any atom is 0.409 e. The van der Waals surface area contributed by atoms with E-state index in [0.29, 0.717) is 0 Å². The zero-order valence-corrected chi connectivity index (χ0v) is 12.2. The van der Waals surface area contributed by atoms with Gasteiger partial charge >= 0.3 is 7.75 Å². The maximum absolute atomic E-state index is 12.7. The fourth-order valence-corrected chi connectivity index (χ4v) is 3.69. The fourth-order valence-electron chi connectivity index (χ4n) is 1.63. The minimum Gasteiger partial charge on any atom is -0.292 e. The lowest BCUT2D eigenvalue weighted by Gasteiger charge is -2.35. The molecule has 0 spiro atoms. The third-order valence-electron chi connectivity index (χ3n) is 2.05. The summed E-state index contributed by atoms with van der Waals surface area (Å²) in [6.45, 7) is 15.3. The summed E-state index contributed by atoms with van der Waals surface area (Å²) in [5, 5.41) is 0. The molecule has 0 radical (unpaired) electrons. The van der Waals surface area contributed by atoms with E-state index in [2.05, 4.69) is 13.2 Å². The Morgan fingerprint density at radius 2 is 1.41 bits per heavy atom. The van der Waals surface area contributed by atoms with E-state index in [-0.39, 0.29) is 25.3 Å². The molecule has 0 amide bonds. The molecule has 0 atom stereocenters. The molecule has 0 aliphatic heterocycles. The topological polar surface area (TPSA) is 38.8 Å². The van der Waals surface area contributed by atoms with Crippen molar-refractivity contribution in [3.8, 4) is 0 Å². The second-order valence-electron chi connectivity index (χ2n) is 4.20. The lowest BCUT2D eigenvalue weighted by atomic mass is 10.3. The van der Waals surface area contributed by atoms with Crippen LogP contribution in [0.5, 0.6) is 0 Å². The first kappa shape index (κ1) is 16.6. The summed E-state index contributed by atoms with van der Waals surface area (Å²) in [5.74, 6) is 0. The van der Waals surface area contributed by atoms with E-state index in [9.17, 15) is 4.57 Å². The molecule has 4 nitrogen and oxygen atoms in total. The minimum absolute atomic E-state index is 0.0652. The molecule has 0 saturated carbocycles. The molecular formula is C12H24NO3P. The first-order valence-corrected chi connectivity index (χ1v) is 7.28. The van der Waals surface area contributed by atoms with Crippen molar-refractivity contribution < 1.29 is 13.6 Å². The van der Waals surface area contributed by atoms with Gasteiger partial charge in [0.15, 0.2) is 0 Å². The Bertz CT molecular complexity index is 265. The standard InChI is InChI=1S/C12H24NO3P/c1-7-9-15-17(14,16-10-8-2)13(11(3)4)12(5)6/h7-8,11-12H,1-2,9-10H2,3-6H3. The predicted octanol–water partition coefficient (Wildman–Crippen LogP) is 3.62. The summed E-state index contributed by atoms with van der Waals surface area (Å²) >= 11 is 0. The quantitative estimate of drug-likeness (QED) is 0.469. The van der Waals surface area contributed by atoms with E-state index < -0.39 is 7.75 Å². The van der Waals surface area contributed by atoms with Crippen molar-refractivity contribution in [1.29, 1.82) is 0 Å². The Kier molecular flexibility index (Phi) is 7.64. The van der Waals surface area contributed by atoms with Crippen molar-refractivity contribution in [2.75, 3.05) is 13.2 Å². The van der Waals surface area contributed by atoms with Crippen LogP contribution in [-0.4, -0.2) is 30.0 Å². The summed E-state index contributed by atoms with van der Waals surface area (Å²) in [5.41, 5.74) is 0. The average molecular weight is 261 g/mol. The van der Waals surface area contributed by atoms with Gasteiger partial charge in [-0.15, -0.1) is 13.2 Å². The number of hydrogen-bond donors (Lipinski definition) is 0. The van der Waals surface area contributed by atoms with Crippen LogP contribution in [0.3, 0.4) is 0 Å². The van der Waals surface area contributed by atoms with E-state index >= 15 is 0 Å². The minimum atomic E-state index is -3.28. The molecule has 0 fully saturated rings. The molecule has 0 aliphatic rings. The van der Waals surface area contributed by atoms with Crippen LogP contribution >= 0.6 is 7.75 Å². The van der Waals surface area contributed by atoms with Crippen molar-refractivity contribution in [3.63, 3.8) is 0 Å². The highest BCUT2D eigenvalue weighted by atomic mass is 31.2. The SMILES string of the molecule is C=CCOP(=O)(OCC=C)N(C(C)C)C(C)C. The Labute approximate surface area is 105 Å². The first-order valence-electron chi connectivity index (χ1n) is 5.78. The van der Waals surface area contributed by atoms with Crippen LogP contribution in [0.15, 0.2) is 25.3 Å². The van der Waals surface area contributed by atoms with Crippen molar-refractivity contribution >= 4 is 7.75 Å². The van der Waals surface area contributed by atoms with Crippen LogP contribution in [0.2, 0.25) is 0 Å². The first-order chi connectivity index (χ1) is 7.89.